The molecule has 2 aromatic carbocycles. The van der Waals surface area contributed by atoms with Gasteiger partial charge in [-0.05, 0) is 83.7 Å². The van der Waals surface area contributed by atoms with Gasteiger partial charge in [0.1, 0.15) is 11.2 Å². The number of carbonyl (C=O) groups is 2. The smallest absolute Gasteiger partial charge is 0.420 e. The predicted octanol–water partition coefficient (Wildman–Crippen LogP) is 7.79. The molecule has 0 radical (unpaired) electrons. The number of hydrogen-bond acceptors (Lipinski definition) is 5. The zero-order valence-electron chi connectivity index (χ0n) is 20.1. The number of ether oxygens (including phenoxy) is 2. The fraction of sp³-hybridized carbons (Fsp3) is 0.462. The topological polar surface area (TPSA) is 55.8 Å². The lowest BCUT2D eigenvalue weighted by Crippen LogP contribution is -2.49. The second-order valence-corrected chi connectivity index (χ2v) is 11.7. The largest absolute Gasteiger partial charge is 0.443 e. The van der Waals surface area contributed by atoms with E-state index >= 15 is 0 Å². The van der Waals surface area contributed by atoms with Crippen molar-refractivity contribution in [3.05, 3.63) is 64.7 Å². The quantitative estimate of drug-likeness (QED) is 0.401. The SMILES string of the molecule is CC(C)(C)OC(=O)N(C(=O)OC(C)(C)C)C1(c2cc(Cl)ccc2SCc2ccccc2)CC1. The third-order valence-electron chi connectivity index (χ3n) is 4.98. The average molecular weight is 490 g/mol. The maximum Gasteiger partial charge on any atom is 0.420 e. The number of nitrogens with zero attached hydrogens (tertiary/aromatic N) is 1. The van der Waals surface area contributed by atoms with Crippen molar-refractivity contribution < 1.29 is 19.1 Å². The molecule has 2 amide bonds. The molecule has 0 aromatic heterocycles. The minimum Gasteiger partial charge on any atom is -0.443 e. The van der Waals surface area contributed by atoms with Crippen molar-refractivity contribution in [3.63, 3.8) is 0 Å². The van der Waals surface area contributed by atoms with E-state index in [0.717, 1.165) is 21.1 Å². The lowest BCUT2D eigenvalue weighted by Gasteiger charge is -2.34. The van der Waals surface area contributed by atoms with Crippen molar-refractivity contribution in [1.29, 1.82) is 0 Å². The number of thioether (sulfide) groups is 1. The van der Waals surface area contributed by atoms with Crippen LogP contribution in [0.2, 0.25) is 5.02 Å². The minimum atomic E-state index is -0.853. The lowest BCUT2D eigenvalue weighted by molar-refractivity contribution is -0.0112. The van der Waals surface area contributed by atoms with E-state index in [2.05, 4.69) is 12.1 Å². The zero-order chi connectivity index (χ0) is 24.4. The molecule has 3 rings (SSSR count). The predicted molar refractivity (Wildman–Crippen MR) is 133 cm³/mol. The lowest BCUT2D eigenvalue weighted by atomic mass is 10.0. The molecule has 2 aromatic rings. The third-order valence-corrected chi connectivity index (χ3v) is 6.36. The van der Waals surface area contributed by atoms with Gasteiger partial charge in [0.15, 0.2) is 0 Å². The molecular formula is C26H32ClNO4S. The van der Waals surface area contributed by atoms with E-state index in [0.29, 0.717) is 17.9 Å². The Labute approximate surface area is 205 Å². The average Bonchev–Trinajstić information content (AvgIpc) is 3.46. The van der Waals surface area contributed by atoms with Crippen molar-refractivity contribution >= 4 is 35.5 Å². The van der Waals surface area contributed by atoms with E-state index in [1.807, 2.05) is 36.4 Å². The number of rotatable bonds is 5. The Bertz CT molecular complexity index is 979. The molecule has 0 N–H and O–H groups in total. The number of amides is 2. The molecule has 5 nitrogen and oxygen atoms in total. The highest BCUT2D eigenvalue weighted by atomic mass is 35.5. The van der Waals surface area contributed by atoms with Crippen LogP contribution in [0.15, 0.2) is 53.4 Å². The molecule has 0 saturated heterocycles. The second-order valence-electron chi connectivity index (χ2n) is 10.2. The van der Waals surface area contributed by atoms with Crippen LogP contribution < -0.4 is 0 Å². The fourth-order valence-corrected chi connectivity index (χ4v) is 4.75. The summed E-state index contributed by atoms with van der Waals surface area (Å²) >= 11 is 8.04. The molecule has 0 spiro atoms. The van der Waals surface area contributed by atoms with Gasteiger partial charge in [-0.25, -0.2) is 14.5 Å². The highest BCUT2D eigenvalue weighted by Crippen LogP contribution is 2.55. The summed E-state index contributed by atoms with van der Waals surface area (Å²) in [6.07, 6.45) is -0.198. The summed E-state index contributed by atoms with van der Waals surface area (Å²) in [6.45, 7) is 10.7. The number of benzene rings is 2. The van der Waals surface area contributed by atoms with Gasteiger partial charge < -0.3 is 9.47 Å². The monoisotopic (exact) mass is 489 g/mol. The van der Waals surface area contributed by atoms with Crippen LogP contribution in [0.5, 0.6) is 0 Å². The summed E-state index contributed by atoms with van der Waals surface area (Å²) in [5.41, 5.74) is -0.342. The molecule has 33 heavy (non-hydrogen) atoms. The van der Waals surface area contributed by atoms with E-state index in [1.165, 1.54) is 5.56 Å². The molecule has 0 atom stereocenters. The Morgan fingerprint density at radius 3 is 1.97 bits per heavy atom. The minimum absolute atomic E-state index is 0.550. The van der Waals surface area contributed by atoms with E-state index < -0.39 is 28.9 Å². The van der Waals surface area contributed by atoms with Crippen LogP contribution in [0.1, 0.15) is 65.5 Å². The summed E-state index contributed by atoms with van der Waals surface area (Å²) in [7, 11) is 0. The molecule has 7 heteroatoms. The highest BCUT2D eigenvalue weighted by Gasteiger charge is 2.57. The van der Waals surface area contributed by atoms with Crippen molar-refractivity contribution in [2.75, 3.05) is 0 Å². The normalized spacial score (nSPS) is 15.0. The van der Waals surface area contributed by atoms with Gasteiger partial charge in [-0.1, -0.05) is 41.9 Å². The first-order valence-electron chi connectivity index (χ1n) is 11.0. The van der Waals surface area contributed by atoms with Crippen molar-refractivity contribution in [2.45, 2.75) is 81.8 Å². The van der Waals surface area contributed by atoms with Gasteiger partial charge in [0.05, 0.1) is 5.54 Å². The highest BCUT2D eigenvalue weighted by molar-refractivity contribution is 7.98. The van der Waals surface area contributed by atoms with Crippen LogP contribution in [0.4, 0.5) is 9.59 Å². The van der Waals surface area contributed by atoms with Gasteiger partial charge in [-0.15, -0.1) is 11.8 Å². The first-order chi connectivity index (χ1) is 15.3. The molecule has 1 aliphatic carbocycles. The van der Waals surface area contributed by atoms with E-state index in [4.69, 9.17) is 21.1 Å². The number of carbonyl (C=O) groups excluding carboxylic acids is 2. The van der Waals surface area contributed by atoms with E-state index in [9.17, 15) is 9.59 Å². The van der Waals surface area contributed by atoms with Crippen molar-refractivity contribution in [3.8, 4) is 0 Å². The Kier molecular flexibility index (Phi) is 7.39. The van der Waals surface area contributed by atoms with Gasteiger partial charge in [0, 0.05) is 15.7 Å². The summed E-state index contributed by atoms with van der Waals surface area (Å²) in [5, 5.41) is 0.550. The number of halogens is 1. The first-order valence-corrected chi connectivity index (χ1v) is 12.4. The Balaban J connectivity index is 1.99. The zero-order valence-corrected chi connectivity index (χ0v) is 21.7. The fourth-order valence-electron chi connectivity index (χ4n) is 3.50. The van der Waals surface area contributed by atoms with Crippen LogP contribution in [-0.2, 0) is 20.8 Å². The summed E-state index contributed by atoms with van der Waals surface area (Å²) in [4.78, 5) is 28.7. The molecule has 0 unspecified atom stereocenters. The summed E-state index contributed by atoms with van der Waals surface area (Å²) in [5.74, 6) is 0.754. The maximum absolute atomic E-state index is 13.3. The summed E-state index contributed by atoms with van der Waals surface area (Å²) < 4.78 is 11.3. The van der Waals surface area contributed by atoms with Crippen LogP contribution in [0.25, 0.3) is 0 Å². The van der Waals surface area contributed by atoms with Crippen molar-refractivity contribution in [1.82, 2.24) is 4.90 Å². The van der Waals surface area contributed by atoms with Gasteiger partial charge in [-0.2, -0.15) is 0 Å². The molecular weight excluding hydrogens is 458 g/mol. The standard InChI is InChI=1S/C26H32ClNO4S/c1-24(2,3)31-22(29)28(23(30)32-25(4,5)6)26(14-15-26)20-16-19(27)12-13-21(20)33-17-18-10-8-7-9-11-18/h7-13,16H,14-15,17H2,1-6H3. The second kappa shape index (κ2) is 9.59. The van der Waals surface area contributed by atoms with Crippen LogP contribution in [0.3, 0.4) is 0 Å². The third kappa shape index (κ3) is 6.67. The Morgan fingerprint density at radius 2 is 1.48 bits per heavy atom. The molecule has 0 aliphatic heterocycles. The Morgan fingerprint density at radius 1 is 0.939 bits per heavy atom. The first kappa shape index (κ1) is 25.4. The van der Waals surface area contributed by atoms with Gasteiger partial charge >= 0.3 is 12.2 Å². The van der Waals surface area contributed by atoms with Gasteiger partial charge in [0.2, 0.25) is 0 Å². The number of imide groups is 1. The molecule has 0 heterocycles. The van der Waals surface area contributed by atoms with E-state index in [-0.39, 0.29) is 0 Å². The molecule has 0 bridgehead atoms. The summed E-state index contributed by atoms with van der Waals surface area (Å²) in [6, 6.07) is 15.8. The van der Waals surface area contributed by atoms with Crippen LogP contribution in [-0.4, -0.2) is 28.3 Å². The van der Waals surface area contributed by atoms with Crippen LogP contribution >= 0.6 is 23.4 Å². The van der Waals surface area contributed by atoms with E-state index in [1.54, 1.807) is 53.3 Å². The molecule has 178 valence electrons. The Hall–Kier alpha value is -2.18. The van der Waals surface area contributed by atoms with Crippen molar-refractivity contribution in [2.24, 2.45) is 0 Å². The van der Waals surface area contributed by atoms with Gasteiger partial charge in [-0.3, -0.25) is 0 Å². The van der Waals surface area contributed by atoms with Crippen LogP contribution in [0, 0.1) is 0 Å². The maximum atomic E-state index is 13.3. The molecule has 1 fully saturated rings. The van der Waals surface area contributed by atoms with Gasteiger partial charge in [0.25, 0.3) is 0 Å². The molecule has 1 saturated carbocycles. The number of hydrogen-bond donors (Lipinski definition) is 0. The molecule has 1 aliphatic rings.